The summed E-state index contributed by atoms with van der Waals surface area (Å²) in [6.07, 6.45) is 4.36. The molecule has 3 aliphatic heterocycles. The van der Waals surface area contributed by atoms with Gasteiger partial charge in [-0.15, -0.1) is 0 Å². The van der Waals surface area contributed by atoms with E-state index in [9.17, 15) is 19.5 Å². The molecule has 3 N–H and O–H groups in total. The Morgan fingerprint density at radius 2 is 1.90 bits per heavy atom. The monoisotopic (exact) mass is 543 g/mol. The molecule has 3 amide bonds. The molecule has 2 bridgehead atoms. The van der Waals surface area contributed by atoms with Gasteiger partial charge in [-0.3, -0.25) is 14.4 Å². The minimum Gasteiger partial charge on any atom is -0.494 e. The number of likely N-dealkylation sites (tertiary alicyclic amines) is 1. The molecule has 3 heterocycles. The quantitative estimate of drug-likeness (QED) is 0.328. The highest BCUT2D eigenvalue weighted by molar-refractivity contribution is 6.02. The van der Waals surface area contributed by atoms with Crippen LogP contribution >= 0.6 is 0 Å². The van der Waals surface area contributed by atoms with Crippen molar-refractivity contribution in [3.05, 3.63) is 24.3 Å². The van der Waals surface area contributed by atoms with Gasteiger partial charge in [0, 0.05) is 24.9 Å². The third-order valence-corrected chi connectivity index (χ3v) is 8.95. The Balaban J connectivity index is 1.65. The zero-order valence-electron chi connectivity index (χ0n) is 24.0. The van der Waals surface area contributed by atoms with Gasteiger partial charge in [-0.2, -0.15) is 0 Å². The maximum atomic E-state index is 14.1. The minimum absolute atomic E-state index is 0.0182. The summed E-state index contributed by atoms with van der Waals surface area (Å²) in [4.78, 5) is 43.5. The second kappa shape index (κ2) is 11.8. The number of amides is 3. The van der Waals surface area contributed by atoms with Crippen LogP contribution in [0.2, 0.25) is 0 Å². The number of aliphatic hydroxyl groups excluding tert-OH is 1. The number of fused-ring (bicyclic) bond motifs is 1. The van der Waals surface area contributed by atoms with E-state index in [4.69, 9.17) is 9.47 Å². The van der Waals surface area contributed by atoms with E-state index in [2.05, 4.69) is 17.6 Å². The molecule has 3 aliphatic rings. The van der Waals surface area contributed by atoms with Crippen molar-refractivity contribution >= 4 is 23.4 Å². The normalized spacial score (nSPS) is 31.7. The second-order valence-electron chi connectivity index (χ2n) is 11.7. The molecule has 0 radical (unpaired) electrons. The number of rotatable bonds is 13. The molecule has 4 rings (SSSR count). The molecule has 0 aromatic heterocycles. The van der Waals surface area contributed by atoms with Gasteiger partial charge in [0.2, 0.25) is 17.7 Å². The van der Waals surface area contributed by atoms with Crippen LogP contribution in [-0.2, 0) is 19.1 Å². The molecule has 9 heteroatoms. The topological polar surface area (TPSA) is 117 Å². The Hall–Kier alpha value is -2.65. The number of hydrogen-bond acceptors (Lipinski definition) is 6. The molecule has 0 saturated carbocycles. The number of nitrogens with one attached hydrogen (secondary N) is 2. The van der Waals surface area contributed by atoms with Gasteiger partial charge in [-0.05, 0) is 83.1 Å². The number of ether oxygens (including phenoxy) is 2. The molecule has 3 fully saturated rings. The number of carbonyl (C=O) groups excluding carboxylic acids is 3. The van der Waals surface area contributed by atoms with Crippen LogP contribution in [-0.4, -0.2) is 70.8 Å². The van der Waals surface area contributed by atoms with Crippen molar-refractivity contribution < 1.29 is 29.0 Å². The summed E-state index contributed by atoms with van der Waals surface area (Å²) < 4.78 is 12.3. The average molecular weight is 544 g/mol. The predicted octanol–water partition coefficient (Wildman–Crippen LogP) is 3.50. The lowest BCUT2D eigenvalue weighted by Crippen LogP contribution is -2.57. The molecule has 4 unspecified atom stereocenters. The molecule has 1 aromatic rings. The fourth-order valence-corrected chi connectivity index (χ4v) is 7.10. The third kappa shape index (κ3) is 5.27. The SMILES string of the molecule is CCCC(C)NC(=O)C1N(CCCCCO)C(=O)[C@@H]2[C@H](C(=O)Nc3ccc(OCC)cc3)[C@@]3(C)OC12CC3C. The summed E-state index contributed by atoms with van der Waals surface area (Å²) in [5.41, 5.74) is -1.31. The van der Waals surface area contributed by atoms with Crippen molar-refractivity contribution in [1.29, 1.82) is 0 Å². The van der Waals surface area contributed by atoms with Crippen molar-refractivity contribution in [2.24, 2.45) is 17.8 Å². The summed E-state index contributed by atoms with van der Waals surface area (Å²) in [5.74, 6) is -1.44. The van der Waals surface area contributed by atoms with Gasteiger partial charge in [-0.25, -0.2) is 0 Å². The van der Waals surface area contributed by atoms with Crippen molar-refractivity contribution in [1.82, 2.24) is 10.2 Å². The van der Waals surface area contributed by atoms with Gasteiger partial charge in [0.1, 0.15) is 17.4 Å². The van der Waals surface area contributed by atoms with Gasteiger partial charge in [0.05, 0.1) is 24.0 Å². The van der Waals surface area contributed by atoms with Crippen LogP contribution in [0.4, 0.5) is 5.69 Å². The van der Waals surface area contributed by atoms with Crippen LogP contribution in [0.5, 0.6) is 5.75 Å². The molecule has 3 saturated heterocycles. The maximum absolute atomic E-state index is 14.1. The van der Waals surface area contributed by atoms with Crippen LogP contribution in [0.1, 0.15) is 73.1 Å². The number of aliphatic hydroxyl groups is 1. The Labute approximate surface area is 232 Å². The van der Waals surface area contributed by atoms with Crippen LogP contribution in [0.3, 0.4) is 0 Å². The van der Waals surface area contributed by atoms with E-state index in [1.165, 1.54) is 0 Å². The first-order chi connectivity index (χ1) is 18.6. The number of anilines is 1. The first-order valence-corrected chi connectivity index (χ1v) is 14.6. The zero-order chi connectivity index (χ0) is 28.4. The Morgan fingerprint density at radius 3 is 2.54 bits per heavy atom. The third-order valence-electron chi connectivity index (χ3n) is 8.95. The molecule has 216 valence electrons. The highest BCUT2D eigenvalue weighted by Gasteiger charge is 2.79. The van der Waals surface area contributed by atoms with E-state index >= 15 is 0 Å². The van der Waals surface area contributed by atoms with Crippen LogP contribution < -0.4 is 15.4 Å². The van der Waals surface area contributed by atoms with Crippen molar-refractivity contribution in [3.63, 3.8) is 0 Å². The zero-order valence-corrected chi connectivity index (χ0v) is 24.0. The van der Waals surface area contributed by atoms with E-state index in [0.717, 1.165) is 19.3 Å². The molecule has 9 nitrogen and oxygen atoms in total. The molecular formula is C30H45N3O6. The van der Waals surface area contributed by atoms with E-state index in [1.54, 1.807) is 29.2 Å². The summed E-state index contributed by atoms with van der Waals surface area (Å²) in [6, 6.07) is 6.34. The molecule has 7 atom stereocenters. The van der Waals surface area contributed by atoms with Crippen molar-refractivity contribution in [2.45, 2.75) is 96.4 Å². The summed E-state index contributed by atoms with van der Waals surface area (Å²) >= 11 is 0. The van der Waals surface area contributed by atoms with Gasteiger partial charge in [0.15, 0.2) is 0 Å². The van der Waals surface area contributed by atoms with E-state index < -0.39 is 29.1 Å². The Morgan fingerprint density at radius 1 is 1.18 bits per heavy atom. The first-order valence-electron chi connectivity index (χ1n) is 14.6. The lowest BCUT2D eigenvalue weighted by molar-refractivity contribution is -0.146. The number of unbranched alkanes of at least 4 members (excludes halogenated alkanes) is 2. The fraction of sp³-hybridized carbons (Fsp3) is 0.700. The summed E-state index contributed by atoms with van der Waals surface area (Å²) in [5, 5.41) is 15.4. The van der Waals surface area contributed by atoms with Crippen LogP contribution in [0, 0.1) is 17.8 Å². The van der Waals surface area contributed by atoms with E-state index in [1.807, 2.05) is 27.7 Å². The number of benzene rings is 1. The number of hydrogen-bond donors (Lipinski definition) is 3. The van der Waals surface area contributed by atoms with Gasteiger partial charge >= 0.3 is 0 Å². The van der Waals surface area contributed by atoms with Crippen molar-refractivity contribution in [3.8, 4) is 5.75 Å². The highest BCUT2D eigenvalue weighted by atomic mass is 16.5. The van der Waals surface area contributed by atoms with E-state index in [0.29, 0.717) is 43.9 Å². The standard InChI is InChI=1S/C30H45N3O6/c1-6-11-20(4)31-27(36)25-30-18-19(3)29(5,39-30)23(24(30)28(37)33(25)16-9-8-10-17-34)26(35)32-21-12-14-22(15-13-21)38-7-2/h12-15,19-20,23-25,34H,6-11,16-18H2,1-5H3,(H,31,36)(H,32,35)/t19?,20?,23-,24+,25?,29+,30?/m1/s1. The summed E-state index contributed by atoms with van der Waals surface area (Å²) in [7, 11) is 0. The smallest absolute Gasteiger partial charge is 0.246 e. The van der Waals surface area contributed by atoms with Crippen LogP contribution in [0.25, 0.3) is 0 Å². The maximum Gasteiger partial charge on any atom is 0.246 e. The average Bonchev–Trinajstić information content (AvgIpc) is 3.40. The highest BCUT2D eigenvalue weighted by Crippen LogP contribution is 2.65. The molecule has 1 aromatic carbocycles. The first kappa shape index (κ1) is 29.3. The molecular weight excluding hydrogens is 498 g/mol. The molecule has 39 heavy (non-hydrogen) atoms. The van der Waals surface area contributed by atoms with Crippen molar-refractivity contribution in [2.75, 3.05) is 25.1 Å². The van der Waals surface area contributed by atoms with Gasteiger partial charge in [0.25, 0.3) is 0 Å². The van der Waals surface area contributed by atoms with E-state index in [-0.39, 0.29) is 36.3 Å². The van der Waals surface area contributed by atoms with Crippen LogP contribution in [0.15, 0.2) is 24.3 Å². The largest absolute Gasteiger partial charge is 0.494 e. The predicted molar refractivity (Wildman–Crippen MR) is 148 cm³/mol. The Kier molecular flexibility index (Phi) is 8.91. The second-order valence-corrected chi connectivity index (χ2v) is 11.7. The van der Waals surface area contributed by atoms with Gasteiger partial charge < -0.3 is 30.1 Å². The number of carbonyl (C=O) groups is 3. The minimum atomic E-state index is -1.06. The number of nitrogens with zero attached hydrogens (tertiary/aromatic N) is 1. The molecule has 0 aliphatic carbocycles. The molecule has 1 spiro atoms. The lowest BCUT2D eigenvalue weighted by Gasteiger charge is -2.36. The fourth-order valence-electron chi connectivity index (χ4n) is 7.10. The lowest BCUT2D eigenvalue weighted by atomic mass is 9.62. The Bertz CT molecular complexity index is 1050. The summed E-state index contributed by atoms with van der Waals surface area (Å²) in [6.45, 7) is 11.0. The van der Waals surface area contributed by atoms with Gasteiger partial charge in [-0.1, -0.05) is 20.3 Å².